The zero-order chi connectivity index (χ0) is 16.4. The fourth-order valence-electron chi connectivity index (χ4n) is 2.97. The highest BCUT2D eigenvalue weighted by Crippen LogP contribution is 2.43. The summed E-state index contributed by atoms with van der Waals surface area (Å²) in [6, 6.07) is 29.3. The average Bonchev–Trinajstić information content (AvgIpc) is 3.41. The topological polar surface area (TPSA) is 0 Å². The van der Waals surface area contributed by atoms with Crippen LogP contribution in [-0.4, -0.2) is 0 Å². The second-order valence-electron chi connectivity index (χ2n) is 5.98. The first kappa shape index (κ1) is 15.0. The monoisotopic (exact) mass is 328 g/mol. The van der Waals surface area contributed by atoms with Crippen LogP contribution in [0, 0.1) is 0 Å². The summed E-state index contributed by atoms with van der Waals surface area (Å²) >= 11 is 5.99. The van der Waals surface area contributed by atoms with Gasteiger partial charge in [0.15, 0.2) is 0 Å². The van der Waals surface area contributed by atoms with Gasteiger partial charge in [0.2, 0.25) is 0 Å². The van der Waals surface area contributed by atoms with E-state index in [-0.39, 0.29) is 0 Å². The summed E-state index contributed by atoms with van der Waals surface area (Å²) in [5, 5.41) is 0.784. The van der Waals surface area contributed by atoms with Crippen LogP contribution in [0.4, 0.5) is 0 Å². The Kier molecular flexibility index (Phi) is 4.06. The van der Waals surface area contributed by atoms with Gasteiger partial charge in [0.25, 0.3) is 0 Å². The van der Waals surface area contributed by atoms with Gasteiger partial charge >= 0.3 is 0 Å². The maximum Gasteiger partial charge on any atom is 0.0406 e. The van der Waals surface area contributed by atoms with Gasteiger partial charge in [-0.1, -0.05) is 84.4 Å². The fourth-order valence-corrected chi connectivity index (χ4v) is 3.09. The Morgan fingerprint density at radius 1 is 0.708 bits per heavy atom. The molecule has 0 radical (unpaired) electrons. The Bertz CT molecular complexity index is 860. The molecule has 0 fully saturated rings. The van der Waals surface area contributed by atoms with Crippen molar-refractivity contribution in [3.63, 3.8) is 0 Å². The molecule has 0 saturated heterocycles. The first-order valence-corrected chi connectivity index (χ1v) is 8.49. The third-order valence-electron chi connectivity index (χ3n) is 4.31. The maximum absolute atomic E-state index is 5.99. The van der Waals surface area contributed by atoms with E-state index < -0.39 is 0 Å². The fraction of sp³-hybridized carbons (Fsp3) is 0.0435. The molecule has 0 saturated carbocycles. The molecule has 0 bridgehead atoms. The average molecular weight is 329 g/mol. The van der Waals surface area contributed by atoms with E-state index in [9.17, 15) is 0 Å². The van der Waals surface area contributed by atoms with Crippen molar-refractivity contribution in [2.75, 3.05) is 0 Å². The number of benzene rings is 3. The number of allylic oxidation sites excluding steroid dienone is 3. The summed E-state index contributed by atoms with van der Waals surface area (Å²) in [7, 11) is 0. The van der Waals surface area contributed by atoms with Crippen LogP contribution in [0.5, 0.6) is 0 Å². The van der Waals surface area contributed by atoms with Crippen LogP contribution in [0.25, 0.3) is 11.1 Å². The predicted octanol–water partition coefficient (Wildman–Crippen LogP) is 6.63. The second kappa shape index (κ2) is 6.51. The molecular weight excluding hydrogens is 312 g/mol. The molecule has 116 valence electrons. The molecule has 0 heterocycles. The van der Waals surface area contributed by atoms with Crippen molar-refractivity contribution in [1.29, 1.82) is 0 Å². The van der Waals surface area contributed by atoms with E-state index in [0.717, 1.165) is 11.4 Å². The number of rotatable bonds is 4. The summed E-state index contributed by atoms with van der Waals surface area (Å²) in [5.74, 6) is 0. The van der Waals surface area contributed by atoms with Crippen molar-refractivity contribution in [1.82, 2.24) is 0 Å². The van der Waals surface area contributed by atoms with E-state index in [0.29, 0.717) is 0 Å². The van der Waals surface area contributed by atoms with E-state index in [4.69, 9.17) is 11.6 Å². The van der Waals surface area contributed by atoms with Gasteiger partial charge < -0.3 is 0 Å². The molecule has 3 aromatic rings. The van der Waals surface area contributed by atoms with Gasteiger partial charge in [-0.15, -0.1) is 0 Å². The summed E-state index contributed by atoms with van der Waals surface area (Å²) in [5.41, 5.74) is 7.86. The zero-order valence-corrected chi connectivity index (χ0v) is 14.0. The van der Waals surface area contributed by atoms with E-state index in [1.54, 1.807) is 0 Å². The molecule has 0 spiro atoms. The normalized spacial score (nSPS) is 12.9. The van der Waals surface area contributed by atoms with Gasteiger partial charge in [-0.05, 0) is 58.0 Å². The van der Waals surface area contributed by atoms with Crippen LogP contribution in [-0.2, 0) is 0 Å². The highest BCUT2D eigenvalue weighted by atomic mass is 35.5. The van der Waals surface area contributed by atoms with Crippen molar-refractivity contribution in [2.24, 2.45) is 0 Å². The van der Waals surface area contributed by atoms with Crippen LogP contribution in [0.2, 0.25) is 5.02 Å². The van der Waals surface area contributed by atoms with Crippen LogP contribution >= 0.6 is 11.6 Å². The van der Waals surface area contributed by atoms with Crippen LogP contribution in [0.3, 0.4) is 0 Å². The second-order valence-corrected chi connectivity index (χ2v) is 6.41. The standard InChI is InChI=1S/C23H17Cl/c24-21-13-11-19(12-14-21)23-16-20(23)15-22(17-7-3-1-4-8-17)18-9-5-2-6-10-18/h1-15H,16H2. The first-order chi connectivity index (χ1) is 11.8. The number of hydrogen-bond donors (Lipinski definition) is 0. The molecule has 0 aromatic heterocycles. The molecule has 0 nitrogen and oxygen atoms in total. The van der Waals surface area contributed by atoms with E-state index in [1.165, 1.54) is 33.4 Å². The largest absolute Gasteiger partial charge is 0.0843 e. The molecule has 0 amide bonds. The Morgan fingerprint density at radius 2 is 1.25 bits per heavy atom. The van der Waals surface area contributed by atoms with Crippen molar-refractivity contribution in [3.8, 4) is 0 Å². The van der Waals surface area contributed by atoms with Crippen LogP contribution in [0.1, 0.15) is 23.1 Å². The van der Waals surface area contributed by atoms with E-state index in [2.05, 4.69) is 78.9 Å². The minimum absolute atomic E-state index is 0.784. The lowest BCUT2D eigenvalue weighted by atomic mass is 9.97. The van der Waals surface area contributed by atoms with Crippen molar-refractivity contribution < 1.29 is 0 Å². The summed E-state index contributed by atoms with van der Waals surface area (Å²) in [6.45, 7) is 0. The highest BCUT2D eigenvalue weighted by molar-refractivity contribution is 6.30. The SMILES string of the molecule is Clc1ccc(C2=C(C=C(c3ccccc3)c3ccccc3)C2)cc1. The molecule has 24 heavy (non-hydrogen) atoms. The van der Waals surface area contributed by atoms with Crippen LogP contribution < -0.4 is 0 Å². The minimum Gasteiger partial charge on any atom is -0.0843 e. The van der Waals surface area contributed by atoms with Gasteiger partial charge in [-0.2, -0.15) is 0 Å². The van der Waals surface area contributed by atoms with E-state index in [1.807, 2.05) is 12.1 Å². The molecule has 0 aliphatic heterocycles. The predicted molar refractivity (Wildman–Crippen MR) is 103 cm³/mol. The quantitative estimate of drug-likeness (QED) is 0.504. The van der Waals surface area contributed by atoms with Crippen LogP contribution in [0.15, 0.2) is 96.6 Å². The third-order valence-corrected chi connectivity index (χ3v) is 4.56. The minimum atomic E-state index is 0.784. The molecular formula is C23H17Cl. The molecule has 0 N–H and O–H groups in total. The Hall–Kier alpha value is -2.57. The first-order valence-electron chi connectivity index (χ1n) is 8.12. The highest BCUT2D eigenvalue weighted by Gasteiger charge is 2.22. The summed E-state index contributed by atoms with van der Waals surface area (Å²) in [6.07, 6.45) is 3.37. The Labute approximate surface area is 147 Å². The molecule has 1 heteroatoms. The summed E-state index contributed by atoms with van der Waals surface area (Å²) < 4.78 is 0. The Balaban J connectivity index is 1.75. The molecule has 1 aliphatic rings. The lowest BCUT2D eigenvalue weighted by Gasteiger charge is -2.07. The molecule has 1 aliphatic carbocycles. The lowest BCUT2D eigenvalue weighted by Crippen LogP contribution is -1.87. The van der Waals surface area contributed by atoms with Gasteiger partial charge in [0.1, 0.15) is 0 Å². The van der Waals surface area contributed by atoms with Gasteiger partial charge in [0, 0.05) is 5.02 Å². The molecule has 0 unspecified atom stereocenters. The maximum atomic E-state index is 5.99. The molecule has 0 atom stereocenters. The molecule has 4 rings (SSSR count). The third kappa shape index (κ3) is 3.20. The zero-order valence-electron chi connectivity index (χ0n) is 13.2. The number of hydrogen-bond acceptors (Lipinski definition) is 0. The smallest absolute Gasteiger partial charge is 0.0406 e. The van der Waals surface area contributed by atoms with Crippen molar-refractivity contribution in [3.05, 3.63) is 118 Å². The lowest BCUT2D eigenvalue weighted by molar-refractivity contribution is 1.52. The summed E-state index contributed by atoms with van der Waals surface area (Å²) in [4.78, 5) is 0. The van der Waals surface area contributed by atoms with Gasteiger partial charge in [0.05, 0.1) is 0 Å². The van der Waals surface area contributed by atoms with Gasteiger partial charge in [-0.25, -0.2) is 0 Å². The van der Waals surface area contributed by atoms with Crippen molar-refractivity contribution in [2.45, 2.75) is 6.42 Å². The Morgan fingerprint density at radius 3 is 1.79 bits per heavy atom. The van der Waals surface area contributed by atoms with Crippen molar-refractivity contribution >= 4 is 22.7 Å². The molecule has 3 aromatic carbocycles. The van der Waals surface area contributed by atoms with Gasteiger partial charge in [-0.3, -0.25) is 0 Å². The number of halogens is 1. The van der Waals surface area contributed by atoms with E-state index >= 15 is 0 Å².